The lowest BCUT2D eigenvalue weighted by Gasteiger charge is -2.07. The van der Waals surface area contributed by atoms with Crippen molar-refractivity contribution in [3.63, 3.8) is 0 Å². The Balaban J connectivity index is 1.45. The highest BCUT2D eigenvalue weighted by molar-refractivity contribution is 9.10. The van der Waals surface area contributed by atoms with E-state index in [0.717, 1.165) is 54.0 Å². The summed E-state index contributed by atoms with van der Waals surface area (Å²) in [5, 5.41) is 6.79. The Hall–Kier alpha value is -4.02. The molecule has 5 aromatic carbocycles. The molecule has 4 heteroatoms. The van der Waals surface area contributed by atoms with E-state index in [1.807, 2.05) is 12.1 Å². The molecule has 0 atom stereocenters. The molecule has 3 heterocycles. The highest BCUT2D eigenvalue weighted by Crippen LogP contribution is 2.40. The third-order valence-electron chi connectivity index (χ3n) is 6.86. The van der Waals surface area contributed by atoms with E-state index >= 15 is 0 Å². The summed E-state index contributed by atoms with van der Waals surface area (Å²) in [7, 11) is 0. The first kappa shape index (κ1) is 18.4. The van der Waals surface area contributed by atoms with E-state index in [1.165, 1.54) is 21.8 Å². The minimum Gasteiger partial charge on any atom is -0.456 e. The summed E-state index contributed by atoms with van der Waals surface area (Å²) < 4.78 is 15.8. The molecule has 0 bridgehead atoms. The lowest BCUT2D eigenvalue weighted by molar-refractivity contribution is 0.663. The average molecular weight is 502 g/mol. The van der Waals surface area contributed by atoms with Crippen LogP contribution in [0.1, 0.15) is 0 Å². The van der Waals surface area contributed by atoms with Gasteiger partial charge in [0.15, 0.2) is 0 Å². The monoisotopic (exact) mass is 501 g/mol. The van der Waals surface area contributed by atoms with Gasteiger partial charge in [-0.25, -0.2) is 0 Å². The molecule has 0 N–H and O–H groups in total. The molecule has 0 radical (unpaired) electrons. The van der Waals surface area contributed by atoms with Gasteiger partial charge in [-0.3, -0.25) is 0 Å². The van der Waals surface area contributed by atoms with Crippen LogP contribution in [0, 0.1) is 0 Å². The van der Waals surface area contributed by atoms with E-state index in [0.29, 0.717) is 0 Å². The van der Waals surface area contributed by atoms with Crippen molar-refractivity contribution in [3.05, 3.63) is 102 Å². The molecule has 0 saturated heterocycles. The first-order valence-corrected chi connectivity index (χ1v) is 12.0. The second-order valence-electron chi connectivity index (χ2n) is 8.72. The predicted molar refractivity (Wildman–Crippen MR) is 143 cm³/mol. The number of hydrogen-bond donors (Lipinski definition) is 0. The minimum absolute atomic E-state index is 0.861. The van der Waals surface area contributed by atoms with E-state index in [-0.39, 0.29) is 0 Å². The van der Waals surface area contributed by atoms with Crippen molar-refractivity contribution >= 4 is 81.6 Å². The molecular formula is C30H16BrNO2. The summed E-state index contributed by atoms with van der Waals surface area (Å²) in [6.45, 7) is 0. The summed E-state index contributed by atoms with van der Waals surface area (Å²) in [5.41, 5.74) is 6.96. The number of hydrogen-bond acceptors (Lipinski definition) is 2. The molecule has 3 aromatic heterocycles. The molecule has 8 rings (SSSR count). The maximum Gasteiger partial charge on any atom is 0.149 e. The van der Waals surface area contributed by atoms with Crippen molar-refractivity contribution in [1.29, 1.82) is 0 Å². The average Bonchev–Trinajstić information content (AvgIpc) is 3.52. The fourth-order valence-corrected chi connectivity index (χ4v) is 5.81. The lowest BCUT2D eigenvalue weighted by atomic mass is 10.1. The molecule has 8 aromatic rings. The Labute approximate surface area is 201 Å². The second kappa shape index (κ2) is 6.52. The van der Waals surface area contributed by atoms with Crippen LogP contribution in [-0.2, 0) is 0 Å². The Morgan fingerprint density at radius 1 is 0.500 bits per heavy atom. The number of fused-ring (bicyclic) bond motifs is 9. The van der Waals surface area contributed by atoms with Gasteiger partial charge in [0.05, 0.1) is 15.5 Å². The minimum atomic E-state index is 0.861. The van der Waals surface area contributed by atoms with Gasteiger partial charge in [0.25, 0.3) is 0 Å². The summed E-state index contributed by atoms with van der Waals surface area (Å²) in [4.78, 5) is 0. The highest BCUT2D eigenvalue weighted by Gasteiger charge is 2.16. The first-order valence-electron chi connectivity index (χ1n) is 11.2. The van der Waals surface area contributed by atoms with Crippen molar-refractivity contribution < 1.29 is 8.83 Å². The molecule has 0 aliphatic heterocycles. The molecule has 34 heavy (non-hydrogen) atoms. The molecule has 0 aliphatic rings. The van der Waals surface area contributed by atoms with Gasteiger partial charge >= 0.3 is 0 Å². The van der Waals surface area contributed by atoms with E-state index < -0.39 is 0 Å². The van der Waals surface area contributed by atoms with Crippen LogP contribution in [0.5, 0.6) is 0 Å². The largest absolute Gasteiger partial charge is 0.456 e. The maximum absolute atomic E-state index is 6.29. The van der Waals surface area contributed by atoms with Crippen LogP contribution in [0.3, 0.4) is 0 Å². The molecule has 160 valence electrons. The molecule has 0 amide bonds. The Bertz CT molecular complexity index is 2040. The molecule has 0 saturated carbocycles. The number of benzene rings is 5. The summed E-state index contributed by atoms with van der Waals surface area (Å²) in [6, 6.07) is 33.9. The van der Waals surface area contributed by atoms with Gasteiger partial charge in [0, 0.05) is 38.0 Å². The van der Waals surface area contributed by atoms with E-state index in [4.69, 9.17) is 8.83 Å². The van der Waals surface area contributed by atoms with Crippen molar-refractivity contribution in [2.75, 3.05) is 0 Å². The zero-order valence-electron chi connectivity index (χ0n) is 17.9. The fourth-order valence-electron chi connectivity index (χ4n) is 5.36. The standard InChI is InChI=1S/C30H16BrNO2/c31-24-9-5-8-20-22-15-28-23(16-29(22)34-30(20)24)21-14-17(12-13-27(21)33-28)32-25-10-3-1-6-18(25)19-7-2-4-11-26(19)32/h1-16H. The van der Waals surface area contributed by atoms with Crippen LogP contribution in [-0.4, -0.2) is 4.57 Å². The normalized spacial score (nSPS) is 12.3. The third kappa shape index (κ3) is 2.36. The van der Waals surface area contributed by atoms with Crippen LogP contribution in [0.4, 0.5) is 0 Å². The van der Waals surface area contributed by atoms with Gasteiger partial charge in [0.2, 0.25) is 0 Å². The van der Waals surface area contributed by atoms with Crippen LogP contribution in [0.25, 0.3) is 71.4 Å². The molecule has 0 spiro atoms. The molecular weight excluding hydrogens is 486 g/mol. The molecule has 0 fully saturated rings. The van der Waals surface area contributed by atoms with Crippen molar-refractivity contribution in [3.8, 4) is 5.69 Å². The number of rotatable bonds is 1. The second-order valence-corrected chi connectivity index (χ2v) is 9.57. The van der Waals surface area contributed by atoms with Crippen molar-refractivity contribution in [2.45, 2.75) is 0 Å². The predicted octanol–water partition coefficient (Wildman–Crippen LogP) is 9.34. The molecule has 3 nitrogen and oxygen atoms in total. The number of aromatic nitrogens is 1. The fraction of sp³-hybridized carbons (Fsp3) is 0. The quantitative estimate of drug-likeness (QED) is 0.224. The number of furan rings is 2. The van der Waals surface area contributed by atoms with Gasteiger partial charge in [-0.1, -0.05) is 48.5 Å². The van der Waals surface area contributed by atoms with Crippen molar-refractivity contribution in [1.82, 2.24) is 4.57 Å². The van der Waals surface area contributed by atoms with Gasteiger partial charge in [0.1, 0.15) is 22.3 Å². The lowest BCUT2D eigenvalue weighted by Crippen LogP contribution is -1.93. The third-order valence-corrected chi connectivity index (χ3v) is 7.49. The van der Waals surface area contributed by atoms with E-state index in [1.54, 1.807) is 0 Å². The van der Waals surface area contributed by atoms with Gasteiger partial charge in [-0.15, -0.1) is 0 Å². The molecule has 0 unspecified atom stereocenters. The van der Waals surface area contributed by atoms with Crippen LogP contribution < -0.4 is 0 Å². The topological polar surface area (TPSA) is 31.2 Å². The number of nitrogens with zero attached hydrogens (tertiary/aromatic N) is 1. The van der Waals surface area contributed by atoms with Gasteiger partial charge in [-0.05, 0) is 64.5 Å². The number of halogens is 1. The summed E-state index contributed by atoms with van der Waals surface area (Å²) >= 11 is 3.61. The van der Waals surface area contributed by atoms with E-state index in [9.17, 15) is 0 Å². The smallest absolute Gasteiger partial charge is 0.149 e. The Morgan fingerprint density at radius 3 is 1.88 bits per heavy atom. The van der Waals surface area contributed by atoms with Gasteiger partial charge < -0.3 is 13.4 Å². The maximum atomic E-state index is 6.29. The summed E-state index contributed by atoms with van der Waals surface area (Å²) in [5.74, 6) is 0. The SMILES string of the molecule is Brc1cccc2c1oc1cc3c(cc12)oc1ccc(-n2c4ccccc4c4ccccc42)cc13. The number of para-hydroxylation sites is 3. The van der Waals surface area contributed by atoms with Crippen LogP contribution in [0.15, 0.2) is 110 Å². The van der Waals surface area contributed by atoms with Gasteiger partial charge in [-0.2, -0.15) is 0 Å². The zero-order valence-corrected chi connectivity index (χ0v) is 19.5. The molecule has 0 aliphatic carbocycles. The Morgan fingerprint density at radius 2 is 1.12 bits per heavy atom. The van der Waals surface area contributed by atoms with E-state index in [2.05, 4.69) is 105 Å². The van der Waals surface area contributed by atoms with Crippen LogP contribution in [0.2, 0.25) is 0 Å². The highest BCUT2D eigenvalue weighted by atomic mass is 79.9. The zero-order chi connectivity index (χ0) is 22.4. The Kier molecular flexibility index (Phi) is 3.53. The van der Waals surface area contributed by atoms with Crippen LogP contribution >= 0.6 is 15.9 Å². The first-order chi connectivity index (χ1) is 16.8. The van der Waals surface area contributed by atoms with Crippen molar-refractivity contribution in [2.24, 2.45) is 0 Å². The summed E-state index contributed by atoms with van der Waals surface area (Å²) in [6.07, 6.45) is 0.